The molecule has 0 N–H and O–H groups in total. The van der Waals surface area contributed by atoms with Gasteiger partial charge < -0.3 is 23.8 Å². The Labute approximate surface area is 249 Å². The topological polar surface area (TPSA) is 84.9 Å². The zero-order chi connectivity index (χ0) is 29.4. The van der Waals surface area contributed by atoms with E-state index in [9.17, 15) is 8.78 Å². The van der Waals surface area contributed by atoms with E-state index in [0.29, 0.717) is 9.92 Å². The maximum Gasteiger partial charge on any atom is 0.283 e. The van der Waals surface area contributed by atoms with Crippen molar-refractivity contribution in [2.24, 2.45) is 0 Å². The van der Waals surface area contributed by atoms with E-state index in [-0.39, 0.29) is 29.2 Å². The third-order valence-electron chi connectivity index (χ3n) is 7.19. The lowest BCUT2D eigenvalue weighted by molar-refractivity contribution is -0.308. The lowest BCUT2D eigenvalue weighted by Crippen LogP contribution is -2.59. The quantitative estimate of drug-likeness (QED) is 0.234. The highest BCUT2D eigenvalue weighted by Crippen LogP contribution is 2.46. The molecule has 0 aliphatic carbocycles. The second-order valence-electron chi connectivity index (χ2n) is 9.76. The van der Waals surface area contributed by atoms with Gasteiger partial charge in [-0.05, 0) is 25.1 Å². The molecule has 2 saturated heterocycles. The van der Waals surface area contributed by atoms with Crippen molar-refractivity contribution >= 4 is 29.2 Å². The van der Waals surface area contributed by atoms with Gasteiger partial charge in [-0.15, -0.1) is 21.8 Å². The number of ether oxygens (including phenoxy) is 4. The van der Waals surface area contributed by atoms with E-state index in [1.807, 2.05) is 30.3 Å². The second kappa shape index (κ2) is 12.0. The van der Waals surface area contributed by atoms with Crippen LogP contribution in [0.4, 0.5) is 14.6 Å². The molecule has 0 radical (unpaired) electrons. The Morgan fingerprint density at radius 3 is 2.62 bits per heavy atom. The summed E-state index contributed by atoms with van der Waals surface area (Å²) in [4.78, 5) is 8.16. The normalized spacial score (nSPS) is 25.5. The van der Waals surface area contributed by atoms with Crippen molar-refractivity contribution in [2.45, 2.75) is 47.9 Å². The molecule has 0 spiro atoms. The number of pyridine rings is 1. The summed E-state index contributed by atoms with van der Waals surface area (Å²) in [6.45, 7) is 9.11. The van der Waals surface area contributed by atoms with E-state index in [1.54, 1.807) is 16.9 Å². The van der Waals surface area contributed by atoms with E-state index in [0.717, 1.165) is 5.56 Å². The minimum absolute atomic E-state index is 0.0745. The molecule has 6 rings (SSSR count). The van der Waals surface area contributed by atoms with Crippen LogP contribution in [0, 0.1) is 25.1 Å². The molecule has 42 heavy (non-hydrogen) atoms. The largest absolute Gasteiger partial charge is 0.375 e. The first kappa shape index (κ1) is 28.7. The molecule has 2 aromatic carbocycles. The Balaban J connectivity index is 1.39. The SMILES string of the molecule is [C-]#[N+]c1ncc(Cl)cc1S[C@H]1OC2COC(c3ccccc3)O[C@@H]2[C@H](n2cc(-c3cc(F)c(C)c(F)c3)nn2)C1OC. The molecule has 3 unspecified atom stereocenters. The van der Waals surface area contributed by atoms with Gasteiger partial charge in [0, 0.05) is 28.7 Å². The molecular formula is C29H24ClF2N5O4S. The summed E-state index contributed by atoms with van der Waals surface area (Å²) in [6, 6.07) is 13.0. The van der Waals surface area contributed by atoms with Crippen molar-refractivity contribution in [3.8, 4) is 11.3 Å². The molecule has 0 amide bonds. The van der Waals surface area contributed by atoms with Crippen LogP contribution in [0.25, 0.3) is 16.1 Å². The zero-order valence-electron chi connectivity index (χ0n) is 22.4. The van der Waals surface area contributed by atoms with Crippen LogP contribution in [0.3, 0.4) is 0 Å². The highest BCUT2D eigenvalue weighted by atomic mass is 35.5. The fraction of sp³-hybridized carbons (Fsp3) is 0.310. The summed E-state index contributed by atoms with van der Waals surface area (Å²) in [7, 11) is 1.54. The molecule has 9 nitrogen and oxygen atoms in total. The van der Waals surface area contributed by atoms with Gasteiger partial charge in [0.25, 0.3) is 5.82 Å². The van der Waals surface area contributed by atoms with Crippen LogP contribution in [0.2, 0.25) is 5.02 Å². The first-order valence-corrected chi connectivity index (χ1v) is 14.2. The molecule has 2 fully saturated rings. The summed E-state index contributed by atoms with van der Waals surface area (Å²) in [5.41, 5.74) is 0.610. The van der Waals surface area contributed by atoms with Crippen LogP contribution >= 0.6 is 23.4 Å². The number of nitrogens with zero attached hydrogens (tertiary/aromatic N) is 5. The minimum atomic E-state index is -0.680. The maximum atomic E-state index is 14.4. The zero-order valence-corrected chi connectivity index (χ0v) is 23.9. The number of benzene rings is 2. The highest BCUT2D eigenvalue weighted by molar-refractivity contribution is 8.00. The molecule has 2 aromatic heterocycles. The number of hydrogen-bond donors (Lipinski definition) is 0. The average Bonchev–Trinajstić information content (AvgIpc) is 3.49. The number of fused-ring (bicyclic) bond motifs is 1. The van der Waals surface area contributed by atoms with Crippen LogP contribution in [0.15, 0.2) is 65.8 Å². The number of halogens is 3. The van der Waals surface area contributed by atoms with Gasteiger partial charge in [-0.2, -0.15) is 0 Å². The van der Waals surface area contributed by atoms with Crippen molar-refractivity contribution in [3.05, 3.63) is 100 Å². The molecule has 2 aliphatic heterocycles. The number of thioether (sulfide) groups is 1. The summed E-state index contributed by atoms with van der Waals surface area (Å²) in [6.07, 6.45) is 0.507. The molecular weight excluding hydrogens is 588 g/mol. The number of aromatic nitrogens is 4. The molecule has 6 atom stereocenters. The molecule has 0 saturated carbocycles. The van der Waals surface area contributed by atoms with Crippen molar-refractivity contribution in [1.82, 2.24) is 20.0 Å². The number of methoxy groups -OCH3 is 1. The molecule has 4 aromatic rings. The van der Waals surface area contributed by atoms with Gasteiger partial charge in [-0.1, -0.05) is 53.7 Å². The Morgan fingerprint density at radius 2 is 1.90 bits per heavy atom. The molecule has 2 aliphatic rings. The molecule has 216 valence electrons. The third kappa shape index (κ3) is 5.51. The van der Waals surface area contributed by atoms with Crippen molar-refractivity contribution in [2.75, 3.05) is 13.7 Å². The highest BCUT2D eigenvalue weighted by Gasteiger charge is 2.52. The first-order valence-electron chi connectivity index (χ1n) is 12.9. The van der Waals surface area contributed by atoms with Crippen LogP contribution in [0.5, 0.6) is 0 Å². The van der Waals surface area contributed by atoms with Gasteiger partial charge in [-0.25, -0.2) is 13.5 Å². The maximum absolute atomic E-state index is 14.4. The van der Waals surface area contributed by atoms with Crippen LogP contribution in [-0.4, -0.2) is 57.4 Å². The monoisotopic (exact) mass is 611 g/mol. The third-order valence-corrected chi connectivity index (χ3v) is 8.57. The van der Waals surface area contributed by atoms with Crippen molar-refractivity contribution in [3.63, 3.8) is 0 Å². The lowest BCUT2D eigenvalue weighted by Gasteiger charge is -2.48. The first-order chi connectivity index (χ1) is 20.4. The summed E-state index contributed by atoms with van der Waals surface area (Å²) >= 11 is 7.44. The van der Waals surface area contributed by atoms with Gasteiger partial charge in [-0.3, -0.25) is 0 Å². The average molecular weight is 612 g/mol. The standard InChI is InChI=1S/C29H24ClF2N5O4S/c1-15-19(31)9-17(10-20(15)32)21-13-37(36-35-21)24-25-22(14-39-28(41-25)16-7-5-4-6-8-16)40-29(26(24)38-3)42-23-11-18(30)12-34-27(23)33-2/h4-13,22,24-26,28-29H,14H2,1,3H3/t22?,24-,25-,26?,28?,29+/m0/s1. The molecule has 13 heteroatoms. The lowest BCUT2D eigenvalue weighted by atomic mass is 9.95. The Hall–Kier alpha value is -3.44. The van der Waals surface area contributed by atoms with E-state index in [2.05, 4.69) is 20.1 Å². The fourth-order valence-electron chi connectivity index (χ4n) is 5.05. The Kier molecular flexibility index (Phi) is 8.22. The van der Waals surface area contributed by atoms with Gasteiger partial charge in [0.1, 0.15) is 53.3 Å². The van der Waals surface area contributed by atoms with Crippen molar-refractivity contribution in [1.29, 1.82) is 0 Å². The number of hydrogen-bond acceptors (Lipinski definition) is 8. The van der Waals surface area contributed by atoms with Crippen LogP contribution in [0.1, 0.15) is 23.5 Å². The number of rotatable bonds is 6. The summed E-state index contributed by atoms with van der Waals surface area (Å²) in [5, 5.41) is 8.95. The summed E-state index contributed by atoms with van der Waals surface area (Å²) in [5.74, 6) is -1.18. The minimum Gasteiger partial charge on any atom is -0.375 e. The van der Waals surface area contributed by atoms with E-state index in [1.165, 1.54) is 44.1 Å². The van der Waals surface area contributed by atoms with Gasteiger partial charge >= 0.3 is 0 Å². The van der Waals surface area contributed by atoms with Crippen molar-refractivity contribution < 1.29 is 27.7 Å². The van der Waals surface area contributed by atoms with Gasteiger partial charge in [0.05, 0.1) is 17.8 Å². The molecule has 0 bridgehead atoms. The van der Waals surface area contributed by atoms with E-state index >= 15 is 0 Å². The van der Waals surface area contributed by atoms with Crippen LogP contribution < -0.4 is 0 Å². The smallest absolute Gasteiger partial charge is 0.283 e. The van der Waals surface area contributed by atoms with Crippen LogP contribution in [-0.2, 0) is 18.9 Å². The van der Waals surface area contributed by atoms with Gasteiger partial charge in [0.15, 0.2) is 6.29 Å². The van der Waals surface area contributed by atoms with Gasteiger partial charge in [0.2, 0.25) is 0 Å². The molecule has 4 heterocycles. The Morgan fingerprint density at radius 1 is 1.14 bits per heavy atom. The second-order valence-corrected chi connectivity index (χ2v) is 11.3. The fourth-order valence-corrected chi connectivity index (χ4v) is 6.53. The Bertz CT molecular complexity index is 1620. The predicted molar refractivity (Wildman–Crippen MR) is 150 cm³/mol. The van der Waals surface area contributed by atoms with E-state index in [4.69, 9.17) is 37.1 Å². The van der Waals surface area contributed by atoms with E-state index < -0.39 is 47.7 Å². The predicted octanol–water partition coefficient (Wildman–Crippen LogP) is 6.32. The summed E-state index contributed by atoms with van der Waals surface area (Å²) < 4.78 is 55.3.